The molecule has 0 saturated heterocycles. The van der Waals surface area contributed by atoms with Gasteiger partial charge in [0.1, 0.15) is 10.0 Å². The Bertz CT molecular complexity index is 859. The van der Waals surface area contributed by atoms with Gasteiger partial charge in [0.25, 0.3) is 0 Å². The van der Waals surface area contributed by atoms with Crippen molar-refractivity contribution in [3.63, 3.8) is 0 Å². The second-order valence-corrected chi connectivity index (χ2v) is 7.83. The maximum absolute atomic E-state index is 5.35. The van der Waals surface area contributed by atoms with Crippen molar-refractivity contribution in [3.8, 4) is 0 Å². The molecule has 2 heterocycles. The molecular weight excluding hydrogens is 356 g/mol. The quantitative estimate of drug-likeness (QED) is 0.530. The third-order valence-corrected chi connectivity index (χ3v) is 5.84. The van der Waals surface area contributed by atoms with E-state index in [1.54, 1.807) is 22.7 Å². The van der Waals surface area contributed by atoms with E-state index in [-0.39, 0.29) is 0 Å². The van der Waals surface area contributed by atoms with E-state index in [0.717, 1.165) is 21.0 Å². The van der Waals surface area contributed by atoms with Gasteiger partial charge in [-0.25, -0.2) is 9.97 Å². The smallest absolute Gasteiger partial charge is 0.166 e. The molecule has 0 aliphatic rings. The fraction of sp³-hybridized carbons (Fsp3) is 0.118. The molecular formula is C17H14N4S3. The van der Waals surface area contributed by atoms with Crippen molar-refractivity contribution in [1.82, 2.24) is 20.6 Å². The van der Waals surface area contributed by atoms with Gasteiger partial charge in [0, 0.05) is 0 Å². The second-order valence-electron chi connectivity index (χ2n) is 5.19. The lowest BCUT2D eigenvalue weighted by atomic mass is 10.3. The molecule has 0 bridgehead atoms. The molecule has 0 aliphatic heterocycles. The van der Waals surface area contributed by atoms with Gasteiger partial charge >= 0.3 is 0 Å². The van der Waals surface area contributed by atoms with Crippen LogP contribution in [0, 0.1) is 0 Å². The molecule has 0 amide bonds. The van der Waals surface area contributed by atoms with Gasteiger partial charge in [0.15, 0.2) is 5.11 Å². The third-order valence-electron chi connectivity index (χ3n) is 3.48. The third kappa shape index (κ3) is 3.38. The molecule has 0 aliphatic carbocycles. The van der Waals surface area contributed by atoms with Crippen LogP contribution in [0.5, 0.6) is 0 Å². The fourth-order valence-electron chi connectivity index (χ4n) is 2.37. The maximum Gasteiger partial charge on any atom is 0.166 e. The number of hydrogen-bond donors (Lipinski definition) is 2. The zero-order valence-electron chi connectivity index (χ0n) is 12.7. The van der Waals surface area contributed by atoms with Crippen LogP contribution in [0.25, 0.3) is 20.4 Å². The largest absolute Gasteiger partial charge is 0.356 e. The SMILES string of the molecule is S=C(NCc1nc2ccccc2s1)NCc1nc2ccccc2s1. The highest BCUT2D eigenvalue weighted by Crippen LogP contribution is 2.22. The normalized spacial score (nSPS) is 11.0. The minimum Gasteiger partial charge on any atom is -0.356 e. The molecule has 2 aromatic heterocycles. The Morgan fingerprint density at radius 3 is 1.71 bits per heavy atom. The highest BCUT2D eigenvalue weighted by atomic mass is 32.1. The maximum atomic E-state index is 5.35. The second kappa shape index (κ2) is 6.80. The highest BCUT2D eigenvalue weighted by molar-refractivity contribution is 7.80. The average Bonchev–Trinajstić information content (AvgIpc) is 3.21. The van der Waals surface area contributed by atoms with E-state index in [2.05, 4.69) is 32.7 Å². The van der Waals surface area contributed by atoms with Crippen molar-refractivity contribution in [2.45, 2.75) is 13.1 Å². The van der Waals surface area contributed by atoms with E-state index in [0.29, 0.717) is 18.2 Å². The number of nitrogens with one attached hydrogen (secondary N) is 2. The fourth-order valence-corrected chi connectivity index (χ4v) is 4.32. The van der Waals surface area contributed by atoms with Crippen LogP contribution >= 0.6 is 34.9 Å². The Morgan fingerprint density at radius 2 is 1.25 bits per heavy atom. The van der Waals surface area contributed by atoms with Gasteiger partial charge in [0.05, 0.1) is 33.5 Å². The van der Waals surface area contributed by atoms with Crippen LogP contribution in [0.15, 0.2) is 48.5 Å². The Morgan fingerprint density at radius 1 is 0.792 bits per heavy atom. The average molecular weight is 371 g/mol. The van der Waals surface area contributed by atoms with Gasteiger partial charge in [-0.2, -0.15) is 0 Å². The number of thiocarbonyl (C=S) groups is 1. The molecule has 120 valence electrons. The summed E-state index contributed by atoms with van der Waals surface area (Å²) in [6.45, 7) is 1.26. The Kier molecular flexibility index (Phi) is 4.38. The van der Waals surface area contributed by atoms with Crippen molar-refractivity contribution < 1.29 is 0 Å². The zero-order chi connectivity index (χ0) is 16.4. The van der Waals surface area contributed by atoms with Gasteiger partial charge in [-0.3, -0.25) is 0 Å². The first-order valence-corrected chi connectivity index (χ1v) is 9.53. The number of benzene rings is 2. The van der Waals surface area contributed by atoms with Crippen LogP contribution in [-0.2, 0) is 13.1 Å². The Balaban J connectivity index is 1.33. The number of nitrogens with zero attached hydrogens (tertiary/aromatic N) is 2. The van der Waals surface area contributed by atoms with E-state index in [9.17, 15) is 0 Å². The van der Waals surface area contributed by atoms with Gasteiger partial charge in [-0.1, -0.05) is 24.3 Å². The van der Waals surface area contributed by atoms with Gasteiger partial charge in [-0.05, 0) is 36.5 Å². The monoisotopic (exact) mass is 370 g/mol. The lowest BCUT2D eigenvalue weighted by molar-refractivity contribution is 0.826. The number of thiazole rings is 2. The first kappa shape index (κ1) is 15.4. The molecule has 0 unspecified atom stereocenters. The summed E-state index contributed by atoms with van der Waals surface area (Å²) in [6.07, 6.45) is 0. The predicted molar refractivity (Wildman–Crippen MR) is 106 cm³/mol. The summed E-state index contributed by atoms with van der Waals surface area (Å²) in [5, 5.41) is 9.09. The van der Waals surface area contributed by atoms with Crippen molar-refractivity contribution >= 4 is 60.4 Å². The summed E-state index contributed by atoms with van der Waals surface area (Å²) < 4.78 is 2.39. The molecule has 24 heavy (non-hydrogen) atoms. The number of aromatic nitrogens is 2. The molecule has 2 aromatic carbocycles. The lowest BCUT2D eigenvalue weighted by Gasteiger charge is -2.07. The van der Waals surface area contributed by atoms with Crippen LogP contribution in [-0.4, -0.2) is 15.1 Å². The minimum absolute atomic E-state index is 0.619. The molecule has 0 saturated carbocycles. The molecule has 7 heteroatoms. The van der Waals surface area contributed by atoms with E-state index in [4.69, 9.17) is 12.2 Å². The molecule has 4 aromatic rings. The Hall–Kier alpha value is -2.09. The zero-order valence-corrected chi connectivity index (χ0v) is 15.1. The van der Waals surface area contributed by atoms with Crippen molar-refractivity contribution in [2.75, 3.05) is 0 Å². The van der Waals surface area contributed by atoms with Crippen LogP contribution in [0.4, 0.5) is 0 Å². The first-order valence-electron chi connectivity index (χ1n) is 7.48. The molecule has 4 nitrogen and oxygen atoms in total. The van der Waals surface area contributed by atoms with Crippen LogP contribution < -0.4 is 10.6 Å². The van der Waals surface area contributed by atoms with E-state index in [1.807, 2.05) is 36.4 Å². The number of fused-ring (bicyclic) bond motifs is 2. The summed E-state index contributed by atoms with van der Waals surface area (Å²) in [5.41, 5.74) is 2.07. The van der Waals surface area contributed by atoms with Crippen LogP contribution in [0.3, 0.4) is 0 Å². The van der Waals surface area contributed by atoms with E-state index < -0.39 is 0 Å². The van der Waals surface area contributed by atoms with Crippen molar-refractivity contribution in [3.05, 3.63) is 58.5 Å². The highest BCUT2D eigenvalue weighted by Gasteiger charge is 2.06. The van der Waals surface area contributed by atoms with E-state index in [1.165, 1.54) is 9.40 Å². The summed E-state index contributed by atoms with van der Waals surface area (Å²) in [4.78, 5) is 9.18. The topological polar surface area (TPSA) is 49.8 Å². The van der Waals surface area contributed by atoms with Gasteiger partial charge < -0.3 is 10.6 Å². The molecule has 2 N–H and O–H groups in total. The summed E-state index contributed by atoms with van der Waals surface area (Å²) in [7, 11) is 0. The molecule has 4 rings (SSSR count). The summed E-state index contributed by atoms with van der Waals surface area (Å²) in [6, 6.07) is 16.3. The van der Waals surface area contributed by atoms with Crippen molar-refractivity contribution in [2.24, 2.45) is 0 Å². The summed E-state index contributed by atoms with van der Waals surface area (Å²) in [5.74, 6) is 0. The van der Waals surface area contributed by atoms with Gasteiger partial charge in [-0.15, -0.1) is 22.7 Å². The number of rotatable bonds is 4. The van der Waals surface area contributed by atoms with Crippen LogP contribution in [0.1, 0.15) is 10.0 Å². The van der Waals surface area contributed by atoms with Crippen molar-refractivity contribution in [1.29, 1.82) is 0 Å². The molecule has 0 radical (unpaired) electrons. The molecule has 0 atom stereocenters. The van der Waals surface area contributed by atoms with E-state index >= 15 is 0 Å². The predicted octanol–water partition coefficient (Wildman–Crippen LogP) is 4.07. The minimum atomic E-state index is 0.619. The standard InChI is InChI=1S/C17H14N4S3/c22-17(18-9-15-20-11-5-1-3-7-13(11)23-15)19-10-16-21-12-6-2-4-8-14(12)24-16/h1-8H,9-10H2,(H2,18,19,22). The number of para-hydroxylation sites is 2. The van der Waals surface area contributed by atoms with Gasteiger partial charge in [0.2, 0.25) is 0 Å². The number of hydrogen-bond acceptors (Lipinski definition) is 5. The molecule has 0 fully saturated rings. The lowest BCUT2D eigenvalue weighted by Crippen LogP contribution is -2.34. The molecule has 0 spiro atoms. The Labute approximate surface area is 152 Å². The first-order chi connectivity index (χ1) is 11.8. The van der Waals surface area contributed by atoms with Crippen LogP contribution in [0.2, 0.25) is 0 Å². The summed E-state index contributed by atoms with van der Waals surface area (Å²) >= 11 is 8.72.